The van der Waals surface area contributed by atoms with E-state index in [-0.39, 0.29) is 18.2 Å². The third-order valence-corrected chi connectivity index (χ3v) is 6.96. The van der Waals surface area contributed by atoms with Crippen LogP contribution in [0.15, 0.2) is 11.1 Å². The molecule has 9 nitrogen and oxygen atoms in total. The van der Waals surface area contributed by atoms with Crippen molar-refractivity contribution < 1.29 is 18.0 Å². The summed E-state index contributed by atoms with van der Waals surface area (Å²) in [6, 6.07) is 0. The molecule has 0 spiro atoms. The Morgan fingerprint density at radius 2 is 1.55 bits per heavy atom. The zero-order valence-electron chi connectivity index (χ0n) is 19.1. The first kappa shape index (κ1) is 24.4. The highest BCUT2D eigenvalue weighted by Crippen LogP contribution is 2.36. The van der Waals surface area contributed by atoms with E-state index in [1.54, 1.807) is 0 Å². The first-order valence-corrected chi connectivity index (χ1v) is 20.1. The summed E-state index contributed by atoms with van der Waals surface area (Å²) >= 11 is 0. The molecule has 2 rings (SSSR count). The topological polar surface area (TPSA) is 111 Å². The van der Waals surface area contributed by atoms with Crippen LogP contribution in [-0.4, -0.2) is 64.4 Å². The second-order valence-electron chi connectivity index (χ2n) is 10.3. The Balaban J connectivity index is 2.45. The van der Waals surface area contributed by atoms with Crippen molar-refractivity contribution >= 4 is 30.9 Å². The standard InChI is InChI=1S/C17H36N4O5Si3/c1-27(2,3)23-10-12-13(25-28(4,5)6)14(26-29(7,8)9)15(24-12)21-11-19-16(18)20-17(21)22/h11-15H,10H2,1-9H3,(H2,18,20,22)/t12-,13-,14-,15-/m1/s1. The first-order valence-electron chi connectivity index (χ1n) is 9.91. The number of anilines is 1. The lowest BCUT2D eigenvalue weighted by Gasteiger charge is -2.34. The number of ether oxygens (including phenoxy) is 1. The fourth-order valence-corrected chi connectivity index (χ4v) is 5.85. The Labute approximate surface area is 176 Å². The number of aromatic nitrogens is 3. The van der Waals surface area contributed by atoms with Crippen molar-refractivity contribution in [3.63, 3.8) is 0 Å². The predicted octanol–water partition coefficient (Wildman–Crippen LogP) is 2.41. The molecule has 1 fully saturated rings. The Bertz CT molecular complexity index is 757. The van der Waals surface area contributed by atoms with Gasteiger partial charge in [-0.05, 0) is 58.9 Å². The lowest BCUT2D eigenvalue weighted by molar-refractivity contribution is -0.0501. The molecule has 2 N–H and O–H groups in total. The van der Waals surface area contributed by atoms with Crippen LogP contribution < -0.4 is 11.4 Å². The van der Waals surface area contributed by atoms with Crippen molar-refractivity contribution in [1.82, 2.24) is 14.5 Å². The van der Waals surface area contributed by atoms with Crippen LogP contribution in [-0.2, 0) is 18.0 Å². The highest BCUT2D eigenvalue weighted by Gasteiger charge is 2.50. The highest BCUT2D eigenvalue weighted by atomic mass is 28.4. The molecule has 0 amide bonds. The van der Waals surface area contributed by atoms with Crippen LogP contribution in [0.5, 0.6) is 0 Å². The number of rotatable bonds is 8. The van der Waals surface area contributed by atoms with E-state index < -0.39 is 43.0 Å². The number of hydrogen-bond donors (Lipinski definition) is 1. The van der Waals surface area contributed by atoms with Gasteiger partial charge in [-0.2, -0.15) is 4.98 Å². The molecule has 0 radical (unpaired) electrons. The van der Waals surface area contributed by atoms with Gasteiger partial charge in [-0.1, -0.05) is 0 Å². The number of nitrogens with zero attached hydrogens (tertiary/aromatic N) is 3. The molecular formula is C17H36N4O5Si3. The van der Waals surface area contributed by atoms with Crippen LogP contribution in [0.25, 0.3) is 0 Å². The predicted molar refractivity (Wildman–Crippen MR) is 120 cm³/mol. The van der Waals surface area contributed by atoms with Crippen molar-refractivity contribution in [2.45, 2.75) is 83.5 Å². The summed E-state index contributed by atoms with van der Waals surface area (Å²) in [6.07, 6.45) is -0.508. The average molecular weight is 461 g/mol. The van der Waals surface area contributed by atoms with Gasteiger partial charge < -0.3 is 23.7 Å². The Morgan fingerprint density at radius 3 is 2.03 bits per heavy atom. The monoisotopic (exact) mass is 460 g/mol. The second-order valence-corrected chi connectivity index (χ2v) is 23.7. The maximum atomic E-state index is 12.5. The van der Waals surface area contributed by atoms with Gasteiger partial charge in [0.05, 0.1) is 6.61 Å². The molecule has 29 heavy (non-hydrogen) atoms. The van der Waals surface area contributed by atoms with Crippen molar-refractivity contribution in [3.8, 4) is 0 Å². The minimum atomic E-state index is -1.99. The quantitative estimate of drug-likeness (QED) is 0.589. The van der Waals surface area contributed by atoms with E-state index in [1.807, 2.05) is 0 Å². The van der Waals surface area contributed by atoms with Gasteiger partial charge in [-0.15, -0.1) is 0 Å². The molecule has 0 bridgehead atoms. The molecule has 0 unspecified atom stereocenters. The molecule has 1 aromatic heterocycles. The SMILES string of the molecule is C[Si](C)(C)OC[C@H]1O[C@@H](n2cnc(N)nc2=O)[C@H](O[Si](C)(C)C)[C@@H]1O[Si](C)(C)C. The van der Waals surface area contributed by atoms with E-state index in [0.29, 0.717) is 6.61 Å². The van der Waals surface area contributed by atoms with Crippen LogP contribution in [0.3, 0.4) is 0 Å². The van der Waals surface area contributed by atoms with Gasteiger partial charge in [-0.25, -0.2) is 9.78 Å². The van der Waals surface area contributed by atoms with Crippen LogP contribution in [0.2, 0.25) is 58.9 Å². The van der Waals surface area contributed by atoms with E-state index in [9.17, 15) is 4.79 Å². The Kier molecular flexibility index (Phi) is 7.30. The molecule has 2 heterocycles. The second kappa shape index (κ2) is 8.69. The molecule has 1 aliphatic rings. The largest absolute Gasteiger partial charge is 0.415 e. The summed E-state index contributed by atoms with van der Waals surface area (Å²) in [5.74, 6) is -0.0690. The molecule has 0 aliphatic carbocycles. The van der Waals surface area contributed by atoms with E-state index in [2.05, 4.69) is 68.9 Å². The van der Waals surface area contributed by atoms with E-state index in [4.69, 9.17) is 23.7 Å². The fourth-order valence-electron chi connectivity index (χ4n) is 3.01. The Morgan fingerprint density at radius 1 is 1.00 bits per heavy atom. The van der Waals surface area contributed by atoms with Gasteiger partial charge in [0.2, 0.25) is 5.95 Å². The van der Waals surface area contributed by atoms with Gasteiger partial charge >= 0.3 is 5.69 Å². The van der Waals surface area contributed by atoms with Crippen molar-refractivity contribution in [2.24, 2.45) is 0 Å². The van der Waals surface area contributed by atoms with Crippen LogP contribution in [0.1, 0.15) is 6.23 Å². The van der Waals surface area contributed by atoms with Crippen LogP contribution in [0, 0.1) is 0 Å². The normalized spacial score (nSPS) is 26.1. The summed E-state index contributed by atoms with van der Waals surface area (Å²) < 4.78 is 26.8. The molecule has 0 aromatic carbocycles. The highest BCUT2D eigenvalue weighted by molar-refractivity contribution is 6.70. The minimum Gasteiger partial charge on any atom is -0.415 e. The number of nitrogen functional groups attached to an aromatic ring is 1. The third-order valence-electron chi connectivity index (χ3n) is 3.97. The maximum absolute atomic E-state index is 12.5. The lowest BCUT2D eigenvalue weighted by atomic mass is 10.1. The third kappa shape index (κ3) is 7.38. The molecule has 4 atom stereocenters. The zero-order valence-corrected chi connectivity index (χ0v) is 22.1. The van der Waals surface area contributed by atoms with Crippen molar-refractivity contribution in [3.05, 3.63) is 16.8 Å². The molecular weight excluding hydrogens is 424 g/mol. The molecule has 1 saturated heterocycles. The average Bonchev–Trinajstić information content (AvgIpc) is 2.79. The summed E-state index contributed by atoms with van der Waals surface area (Å²) in [6.45, 7) is 19.4. The van der Waals surface area contributed by atoms with Crippen LogP contribution in [0.4, 0.5) is 5.95 Å². The molecule has 12 heteroatoms. The van der Waals surface area contributed by atoms with Gasteiger partial charge in [0.1, 0.15) is 24.6 Å². The van der Waals surface area contributed by atoms with Crippen LogP contribution >= 0.6 is 0 Å². The number of nitrogens with two attached hydrogens (primary N) is 1. The minimum absolute atomic E-state index is 0.0690. The Hall–Kier alpha value is -0.899. The smallest absolute Gasteiger partial charge is 0.354 e. The van der Waals surface area contributed by atoms with Gasteiger partial charge in [-0.3, -0.25) is 4.57 Å². The molecule has 166 valence electrons. The maximum Gasteiger partial charge on any atom is 0.354 e. The van der Waals surface area contributed by atoms with E-state index in [1.165, 1.54) is 10.9 Å². The summed E-state index contributed by atoms with van der Waals surface area (Å²) in [4.78, 5) is 20.2. The number of hydrogen-bond acceptors (Lipinski definition) is 8. The summed E-state index contributed by atoms with van der Waals surface area (Å²) in [5, 5.41) is 0. The molecule has 1 aromatic rings. The zero-order chi connectivity index (χ0) is 22.2. The van der Waals surface area contributed by atoms with E-state index in [0.717, 1.165) is 0 Å². The van der Waals surface area contributed by atoms with Gasteiger partial charge in [0.15, 0.2) is 31.2 Å². The summed E-state index contributed by atoms with van der Waals surface area (Å²) in [7, 11) is -5.69. The lowest BCUT2D eigenvalue weighted by Crippen LogP contribution is -2.49. The summed E-state index contributed by atoms with van der Waals surface area (Å²) in [5.41, 5.74) is 5.04. The van der Waals surface area contributed by atoms with E-state index >= 15 is 0 Å². The molecule has 1 aliphatic heterocycles. The molecule has 0 saturated carbocycles. The van der Waals surface area contributed by atoms with Gasteiger partial charge in [0.25, 0.3) is 0 Å². The first-order chi connectivity index (χ1) is 13.1. The van der Waals surface area contributed by atoms with Gasteiger partial charge in [0, 0.05) is 0 Å². The fraction of sp³-hybridized carbons (Fsp3) is 0.824. The van der Waals surface area contributed by atoms with Crippen molar-refractivity contribution in [2.75, 3.05) is 12.3 Å². The van der Waals surface area contributed by atoms with Crippen molar-refractivity contribution in [1.29, 1.82) is 0 Å².